The molecule has 3 aromatic rings. The van der Waals surface area contributed by atoms with Gasteiger partial charge in [-0.15, -0.1) is 0 Å². The lowest BCUT2D eigenvalue weighted by Gasteiger charge is -2.20. The van der Waals surface area contributed by atoms with E-state index in [1.807, 2.05) is 61.5 Å². The molecule has 0 saturated heterocycles. The second-order valence-electron chi connectivity index (χ2n) is 7.04. The maximum Gasteiger partial charge on any atom is 0.242 e. The highest BCUT2D eigenvalue weighted by molar-refractivity contribution is 7.89. The summed E-state index contributed by atoms with van der Waals surface area (Å²) < 4.78 is 33.6. The number of nitrogens with one attached hydrogen (secondary N) is 2. The third-order valence-corrected chi connectivity index (χ3v) is 6.41. The Morgan fingerprint density at radius 1 is 0.935 bits per heavy atom. The molecule has 0 bridgehead atoms. The standard InChI is InChI=1S/C24H26N2O4S/c1-3-19-11-7-8-12-22(19)25-24(27)23(17-18-9-5-4-6-10-18)26-31(28,29)21-15-13-20(30-2)14-16-21/h4-16,23,26H,3,17H2,1-2H3,(H,25,27). The van der Waals surface area contributed by atoms with E-state index in [0.717, 1.165) is 17.5 Å². The maximum absolute atomic E-state index is 13.1. The average molecular weight is 439 g/mol. The average Bonchev–Trinajstić information content (AvgIpc) is 2.79. The Labute approximate surface area is 183 Å². The van der Waals surface area contributed by atoms with Crippen LogP contribution in [0.4, 0.5) is 5.69 Å². The van der Waals surface area contributed by atoms with Crippen LogP contribution in [-0.2, 0) is 27.7 Å². The van der Waals surface area contributed by atoms with Gasteiger partial charge in [-0.3, -0.25) is 4.79 Å². The fourth-order valence-electron chi connectivity index (χ4n) is 3.22. The number of carbonyl (C=O) groups is 1. The quantitative estimate of drug-likeness (QED) is 0.532. The Hall–Kier alpha value is -3.16. The summed E-state index contributed by atoms with van der Waals surface area (Å²) in [5.41, 5.74) is 2.51. The Balaban J connectivity index is 1.87. The molecular weight excluding hydrogens is 412 g/mol. The van der Waals surface area contributed by atoms with E-state index in [-0.39, 0.29) is 11.3 Å². The first-order chi connectivity index (χ1) is 14.9. The molecule has 0 fully saturated rings. The first-order valence-corrected chi connectivity index (χ1v) is 11.5. The Bertz CT molecular complexity index is 1110. The fraction of sp³-hybridized carbons (Fsp3) is 0.208. The van der Waals surface area contributed by atoms with Crippen LogP contribution < -0.4 is 14.8 Å². The normalized spacial score (nSPS) is 12.2. The molecule has 3 aromatic carbocycles. The molecule has 0 heterocycles. The fourth-order valence-corrected chi connectivity index (χ4v) is 4.41. The van der Waals surface area contributed by atoms with Gasteiger partial charge in [0.15, 0.2) is 0 Å². The topological polar surface area (TPSA) is 84.5 Å². The van der Waals surface area contributed by atoms with Gasteiger partial charge in [0.25, 0.3) is 0 Å². The van der Waals surface area contributed by atoms with Gasteiger partial charge in [-0.25, -0.2) is 8.42 Å². The predicted molar refractivity (Wildman–Crippen MR) is 122 cm³/mol. The van der Waals surface area contributed by atoms with Gasteiger partial charge in [0.1, 0.15) is 11.8 Å². The molecule has 31 heavy (non-hydrogen) atoms. The molecular formula is C24H26N2O4S. The van der Waals surface area contributed by atoms with Crippen LogP contribution >= 0.6 is 0 Å². The SMILES string of the molecule is CCc1ccccc1NC(=O)C(Cc1ccccc1)NS(=O)(=O)c1ccc(OC)cc1. The number of aryl methyl sites for hydroxylation is 1. The van der Waals surface area contributed by atoms with Crippen LogP contribution in [0, 0.1) is 0 Å². The van der Waals surface area contributed by atoms with Crippen molar-refractivity contribution in [2.75, 3.05) is 12.4 Å². The summed E-state index contributed by atoms with van der Waals surface area (Å²) in [6.45, 7) is 2.00. The molecule has 1 unspecified atom stereocenters. The Morgan fingerprint density at radius 2 is 1.58 bits per heavy atom. The zero-order chi connectivity index (χ0) is 22.3. The largest absolute Gasteiger partial charge is 0.497 e. The summed E-state index contributed by atoms with van der Waals surface area (Å²) >= 11 is 0. The number of carbonyl (C=O) groups excluding carboxylic acids is 1. The predicted octanol–water partition coefficient (Wildman–Crippen LogP) is 3.79. The van der Waals surface area contributed by atoms with E-state index in [4.69, 9.17) is 4.74 Å². The molecule has 1 atom stereocenters. The number of para-hydroxylation sites is 1. The van der Waals surface area contributed by atoms with Crippen LogP contribution in [0.2, 0.25) is 0 Å². The summed E-state index contributed by atoms with van der Waals surface area (Å²) in [4.78, 5) is 13.2. The van der Waals surface area contributed by atoms with E-state index < -0.39 is 22.0 Å². The minimum absolute atomic E-state index is 0.0631. The molecule has 0 aliphatic carbocycles. The van der Waals surface area contributed by atoms with Crippen LogP contribution in [-0.4, -0.2) is 27.5 Å². The first-order valence-electron chi connectivity index (χ1n) is 10.0. The number of sulfonamides is 1. The molecule has 7 heteroatoms. The second-order valence-corrected chi connectivity index (χ2v) is 8.75. The highest BCUT2D eigenvalue weighted by atomic mass is 32.2. The number of ether oxygens (including phenoxy) is 1. The maximum atomic E-state index is 13.1. The van der Waals surface area contributed by atoms with E-state index in [1.54, 1.807) is 12.1 Å². The molecule has 6 nitrogen and oxygen atoms in total. The summed E-state index contributed by atoms with van der Waals surface area (Å²) in [5, 5.41) is 2.89. The molecule has 0 aliphatic heterocycles. The zero-order valence-electron chi connectivity index (χ0n) is 17.5. The van der Waals surface area contributed by atoms with Crippen molar-refractivity contribution >= 4 is 21.6 Å². The van der Waals surface area contributed by atoms with Crippen LogP contribution in [0.5, 0.6) is 5.75 Å². The van der Waals surface area contributed by atoms with Crippen molar-refractivity contribution < 1.29 is 17.9 Å². The van der Waals surface area contributed by atoms with Crippen LogP contribution in [0.1, 0.15) is 18.1 Å². The molecule has 1 amide bonds. The number of anilines is 1. The molecule has 162 valence electrons. The molecule has 0 spiro atoms. The van der Waals surface area contributed by atoms with Gasteiger partial charge in [0.2, 0.25) is 15.9 Å². The Kier molecular flexibility index (Phi) is 7.44. The summed E-state index contributed by atoms with van der Waals surface area (Å²) in [6.07, 6.45) is 0.966. The highest BCUT2D eigenvalue weighted by Gasteiger charge is 2.26. The van der Waals surface area contributed by atoms with Crippen molar-refractivity contribution in [3.63, 3.8) is 0 Å². The Morgan fingerprint density at radius 3 is 2.23 bits per heavy atom. The van der Waals surface area contributed by atoms with Crippen molar-refractivity contribution in [1.29, 1.82) is 0 Å². The van der Waals surface area contributed by atoms with Crippen LogP contribution in [0.15, 0.2) is 83.8 Å². The van der Waals surface area contributed by atoms with Crippen molar-refractivity contribution in [3.8, 4) is 5.75 Å². The van der Waals surface area contributed by atoms with Crippen molar-refractivity contribution in [1.82, 2.24) is 4.72 Å². The molecule has 0 radical (unpaired) electrons. The van der Waals surface area contributed by atoms with Gasteiger partial charge < -0.3 is 10.1 Å². The molecule has 0 saturated carbocycles. The van der Waals surface area contributed by atoms with Crippen molar-refractivity contribution in [3.05, 3.63) is 90.0 Å². The van der Waals surface area contributed by atoms with E-state index in [1.165, 1.54) is 19.2 Å². The van der Waals surface area contributed by atoms with E-state index >= 15 is 0 Å². The first kappa shape index (κ1) is 22.5. The third-order valence-electron chi connectivity index (χ3n) is 4.92. The third kappa shape index (κ3) is 5.93. The minimum atomic E-state index is -3.92. The number of benzene rings is 3. The van der Waals surface area contributed by atoms with Gasteiger partial charge in [0.05, 0.1) is 12.0 Å². The van der Waals surface area contributed by atoms with Gasteiger partial charge in [0, 0.05) is 5.69 Å². The summed E-state index contributed by atoms with van der Waals surface area (Å²) in [6, 6.07) is 21.8. The van der Waals surface area contributed by atoms with Gasteiger partial charge in [-0.05, 0) is 54.3 Å². The number of hydrogen-bond donors (Lipinski definition) is 2. The minimum Gasteiger partial charge on any atom is -0.497 e. The lowest BCUT2D eigenvalue weighted by Crippen LogP contribution is -2.45. The van der Waals surface area contributed by atoms with E-state index in [9.17, 15) is 13.2 Å². The lowest BCUT2D eigenvalue weighted by atomic mass is 10.1. The van der Waals surface area contributed by atoms with E-state index in [2.05, 4.69) is 10.0 Å². The van der Waals surface area contributed by atoms with Crippen LogP contribution in [0.3, 0.4) is 0 Å². The van der Waals surface area contributed by atoms with Crippen LogP contribution in [0.25, 0.3) is 0 Å². The van der Waals surface area contributed by atoms with Gasteiger partial charge in [-0.2, -0.15) is 4.72 Å². The van der Waals surface area contributed by atoms with Gasteiger partial charge in [-0.1, -0.05) is 55.5 Å². The molecule has 3 rings (SSSR count). The zero-order valence-corrected chi connectivity index (χ0v) is 18.4. The highest BCUT2D eigenvalue weighted by Crippen LogP contribution is 2.19. The number of amides is 1. The summed E-state index contributed by atoms with van der Waals surface area (Å²) in [7, 11) is -2.41. The lowest BCUT2D eigenvalue weighted by molar-refractivity contribution is -0.117. The number of hydrogen-bond acceptors (Lipinski definition) is 4. The number of rotatable bonds is 9. The molecule has 2 N–H and O–H groups in total. The second kappa shape index (κ2) is 10.2. The van der Waals surface area contributed by atoms with Crippen molar-refractivity contribution in [2.24, 2.45) is 0 Å². The number of methoxy groups -OCH3 is 1. The van der Waals surface area contributed by atoms with E-state index in [0.29, 0.717) is 11.4 Å². The van der Waals surface area contributed by atoms with Gasteiger partial charge >= 0.3 is 0 Å². The smallest absolute Gasteiger partial charge is 0.242 e. The monoisotopic (exact) mass is 438 g/mol. The molecule has 0 aromatic heterocycles. The summed E-state index contributed by atoms with van der Waals surface area (Å²) in [5.74, 6) is 0.135. The molecule has 0 aliphatic rings. The van der Waals surface area contributed by atoms with Crippen molar-refractivity contribution in [2.45, 2.75) is 30.7 Å².